The van der Waals surface area contributed by atoms with Crippen molar-refractivity contribution in [3.05, 3.63) is 58.9 Å². The van der Waals surface area contributed by atoms with Gasteiger partial charge in [0.1, 0.15) is 11.9 Å². The topological polar surface area (TPSA) is 67.4 Å². The van der Waals surface area contributed by atoms with Gasteiger partial charge in [-0.05, 0) is 72.9 Å². The summed E-state index contributed by atoms with van der Waals surface area (Å²) in [5.74, 6) is 0.0136. The van der Waals surface area contributed by atoms with Crippen molar-refractivity contribution in [3.8, 4) is 11.1 Å². The van der Waals surface area contributed by atoms with E-state index in [-0.39, 0.29) is 5.56 Å². The predicted octanol–water partition coefficient (Wildman–Crippen LogP) is 6.66. The van der Waals surface area contributed by atoms with Gasteiger partial charge in [0.25, 0.3) is 5.91 Å². The van der Waals surface area contributed by atoms with E-state index < -0.39 is 23.7 Å². The Kier molecular flexibility index (Phi) is 12.1. The van der Waals surface area contributed by atoms with Crippen LogP contribution in [0.15, 0.2) is 36.4 Å². The minimum Gasteiger partial charge on any atom is -0.467 e. The molecule has 0 spiro atoms. The quantitative estimate of drug-likeness (QED) is 0.277. The van der Waals surface area contributed by atoms with Gasteiger partial charge < -0.3 is 15.4 Å². The van der Waals surface area contributed by atoms with Crippen LogP contribution in [0.2, 0.25) is 0 Å². The number of aryl methyl sites for hydroxylation is 1. The maximum atomic E-state index is 15.5. The van der Waals surface area contributed by atoms with Gasteiger partial charge in [-0.2, -0.15) is 11.8 Å². The number of ether oxygens (including phenoxy) is 1. The molecule has 2 aromatic rings. The Morgan fingerprint density at radius 1 is 1.13 bits per heavy atom. The highest BCUT2D eigenvalue weighted by molar-refractivity contribution is 7.98. The lowest BCUT2D eigenvalue weighted by atomic mass is 9.84. The summed E-state index contributed by atoms with van der Waals surface area (Å²) >= 11 is 1.58. The van der Waals surface area contributed by atoms with E-state index in [0.29, 0.717) is 35.9 Å². The van der Waals surface area contributed by atoms with E-state index in [1.54, 1.807) is 17.8 Å². The van der Waals surface area contributed by atoms with Gasteiger partial charge in [-0.3, -0.25) is 4.79 Å². The number of halogens is 1. The largest absolute Gasteiger partial charge is 0.467 e. The fourth-order valence-electron chi connectivity index (χ4n) is 5.38. The van der Waals surface area contributed by atoms with Crippen LogP contribution in [0.1, 0.15) is 79.8 Å². The zero-order chi connectivity index (χ0) is 27.5. The number of carbonyl (C=O) groups is 2. The van der Waals surface area contributed by atoms with E-state index in [0.717, 1.165) is 29.9 Å². The van der Waals surface area contributed by atoms with Crippen molar-refractivity contribution in [2.45, 2.75) is 83.8 Å². The second-order valence-electron chi connectivity index (χ2n) is 10.4. The van der Waals surface area contributed by atoms with Crippen molar-refractivity contribution >= 4 is 23.6 Å². The molecule has 2 N–H and O–H groups in total. The number of methoxy groups -OCH3 is 1. The fourth-order valence-corrected chi connectivity index (χ4v) is 5.85. The Balaban J connectivity index is 1.88. The van der Waals surface area contributed by atoms with E-state index in [1.165, 1.54) is 45.3 Å². The molecule has 0 heterocycles. The maximum absolute atomic E-state index is 15.5. The molecule has 1 fully saturated rings. The van der Waals surface area contributed by atoms with Gasteiger partial charge in [0.15, 0.2) is 0 Å². The van der Waals surface area contributed by atoms with Crippen LogP contribution >= 0.6 is 11.8 Å². The minimum absolute atomic E-state index is 0.216. The lowest BCUT2D eigenvalue weighted by molar-refractivity contribution is -0.142. The second kappa shape index (κ2) is 15.3. The van der Waals surface area contributed by atoms with Gasteiger partial charge in [-0.25, -0.2) is 9.18 Å². The lowest BCUT2D eigenvalue weighted by Gasteiger charge is -2.27. The third kappa shape index (κ3) is 8.31. The monoisotopic (exact) mass is 542 g/mol. The van der Waals surface area contributed by atoms with Gasteiger partial charge in [-0.15, -0.1) is 0 Å². The molecule has 1 saturated carbocycles. The van der Waals surface area contributed by atoms with Gasteiger partial charge in [0.05, 0.1) is 12.7 Å². The summed E-state index contributed by atoms with van der Waals surface area (Å²) in [7, 11) is 1.30. The van der Waals surface area contributed by atoms with Crippen LogP contribution in [0, 0.1) is 18.7 Å². The SMILES string of the molecule is CCC(CC1CCCCC1)NCc1cc(-c2ccccc2C)c(C(=O)NC(CCSC)C(=O)OC)cc1F. The van der Waals surface area contributed by atoms with Crippen molar-refractivity contribution < 1.29 is 18.7 Å². The zero-order valence-corrected chi connectivity index (χ0v) is 24.1. The molecule has 7 heteroatoms. The Bertz CT molecular complexity index is 1070. The van der Waals surface area contributed by atoms with Crippen LogP contribution < -0.4 is 10.6 Å². The number of hydrogen-bond acceptors (Lipinski definition) is 5. The molecule has 0 bridgehead atoms. The minimum atomic E-state index is -0.792. The fraction of sp³-hybridized carbons (Fsp3) is 0.548. The van der Waals surface area contributed by atoms with Crippen molar-refractivity contribution in [2.24, 2.45) is 5.92 Å². The summed E-state index contributed by atoms with van der Waals surface area (Å²) in [5.41, 5.74) is 3.27. The average Bonchev–Trinajstić information content (AvgIpc) is 2.94. The molecule has 1 aliphatic carbocycles. The van der Waals surface area contributed by atoms with E-state index in [4.69, 9.17) is 4.74 Å². The van der Waals surface area contributed by atoms with Crippen LogP contribution in [-0.4, -0.2) is 43.1 Å². The predicted molar refractivity (Wildman–Crippen MR) is 155 cm³/mol. The zero-order valence-electron chi connectivity index (χ0n) is 23.3. The molecule has 38 heavy (non-hydrogen) atoms. The van der Waals surface area contributed by atoms with Gasteiger partial charge >= 0.3 is 5.97 Å². The molecule has 0 radical (unpaired) electrons. The number of esters is 1. The van der Waals surface area contributed by atoms with Crippen molar-refractivity contribution in [1.82, 2.24) is 10.6 Å². The molecule has 3 rings (SSSR count). The average molecular weight is 543 g/mol. The molecule has 2 atom stereocenters. The van der Waals surface area contributed by atoms with Crippen LogP contribution in [0.5, 0.6) is 0 Å². The molecule has 208 valence electrons. The highest BCUT2D eigenvalue weighted by Gasteiger charge is 2.25. The summed E-state index contributed by atoms with van der Waals surface area (Å²) in [6.07, 6.45) is 11.0. The molecule has 2 unspecified atom stereocenters. The van der Waals surface area contributed by atoms with E-state index in [1.807, 2.05) is 37.4 Å². The Labute approximate surface area is 231 Å². The molecule has 0 aromatic heterocycles. The number of rotatable bonds is 13. The van der Waals surface area contributed by atoms with Crippen LogP contribution in [0.3, 0.4) is 0 Å². The second-order valence-corrected chi connectivity index (χ2v) is 11.3. The first-order chi connectivity index (χ1) is 18.4. The number of carbonyl (C=O) groups excluding carboxylic acids is 2. The van der Waals surface area contributed by atoms with Gasteiger partial charge in [0.2, 0.25) is 0 Å². The molecule has 2 aromatic carbocycles. The summed E-state index contributed by atoms with van der Waals surface area (Å²) in [4.78, 5) is 25.7. The van der Waals surface area contributed by atoms with E-state index >= 15 is 4.39 Å². The van der Waals surface area contributed by atoms with Gasteiger partial charge in [0, 0.05) is 18.2 Å². The molecule has 0 aliphatic heterocycles. The van der Waals surface area contributed by atoms with Gasteiger partial charge in [-0.1, -0.05) is 63.3 Å². The number of thioether (sulfide) groups is 1. The summed E-state index contributed by atoms with van der Waals surface area (Å²) in [6.45, 7) is 4.56. The molecular formula is C31H43FN2O3S. The third-order valence-corrected chi connectivity index (χ3v) is 8.33. The normalized spacial score (nSPS) is 15.6. The summed E-state index contributed by atoms with van der Waals surface area (Å²) in [5, 5.41) is 6.38. The van der Waals surface area contributed by atoms with E-state index in [9.17, 15) is 9.59 Å². The van der Waals surface area contributed by atoms with Crippen LogP contribution in [0.25, 0.3) is 11.1 Å². The molecule has 5 nitrogen and oxygen atoms in total. The summed E-state index contributed by atoms with van der Waals surface area (Å²) in [6, 6.07) is 10.4. The van der Waals surface area contributed by atoms with Crippen LogP contribution in [-0.2, 0) is 16.1 Å². The van der Waals surface area contributed by atoms with Crippen molar-refractivity contribution in [3.63, 3.8) is 0 Å². The maximum Gasteiger partial charge on any atom is 0.328 e. The smallest absolute Gasteiger partial charge is 0.328 e. The van der Waals surface area contributed by atoms with Crippen molar-refractivity contribution in [2.75, 3.05) is 19.1 Å². The van der Waals surface area contributed by atoms with Crippen molar-refractivity contribution in [1.29, 1.82) is 0 Å². The van der Waals surface area contributed by atoms with Crippen LogP contribution in [0.4, 0.5) is 4.39 Å². The number of nitrogens with one attached hydrogen (secondary N) is 2. The first kappa shape index (κ1) is 30.2. The first-order valence-electron chi connectivity index (χ1n) is 13.9. The summed E-state index contributed by atoms with van der Waals surface area (Å²) < 4.78 is 20.4. The highest BCUT2D eigenvalue weighted by atomic mass is 32.2. The molecule has 0 saturated heterocycles. The number of amides is 1. The highest BCUT2D eigenvalue weighted by Crippen LogP contribution is 2.31. The standard InChI is InChI=1S/C31H43FN2O3S/c1-5-24(17-22-12-7-6-8-13-22)33-20-23-18-26(25-14-10-9-11-21(25)2)27(19-28(23)32)30(35)34-29(15-16-38-4)31(36)37-3/h9-11,14,18-19,22,24,29,33H,5-8,12-13,15-17,20H2,1-4H3,(H,34,35). The molecule has 1 aliphatic rings. The third-order valence-electron chi connectivity index (χ3n) is 7.68. The molecular weight excluding hydrogens is 499 g/mol. The first-order valence-corrected chi connectivity index (χ1v) is 15.3. The Morgan fingerprint density at radius 3 is 2.53 bits per heavy atom. The number of hydrogen-bond donors (Lipinski definition) is 2. The van der Waals surface area contributed by atoms with E-state index in [2.05, 4.69) is 17.6 Å². The lowest BCUT2D eigenvalue weighted by Crippen LogP contribution is -2.42. The Hall–Kier alpha value is -2.38. The Morgan fingerprint density at radius 2 is 1.87 bits per heavy atom. The number of benzene rings is 2. The molecule has 1 amide bonds.